The van der Waals surface area contributed by atoms with E-state index in [1.165, 1.54) is 11.3 Å². The molecule has 2 aromatic carbocycles. The molecule has 0 unspecified atom stereocenters. The number of benzene rings is 2. The third-order valence-electron chi connectivity index (χ3n) is 5.97. The van der Waals surface area contributed by atoms with Gasteiger partial charge < -0.3 is 9.47 Å². The number of thiophene rings is 1. The Hall–Kier alpha value is -3.75. The van der Waals surface area contributed by atoms with Crippen molar-refractivity contribution < 1.29 is 14.3 Å². The molecule has 36 heavy (non-hydrogen) atoms. The molecule has 0 saturated heterocycles. The number of carbonyl (C=O) groups is 1. The van der Waals surface area contributed by atoms with Crippen LogP contribution in [0.5, 0.6) is 5.75 Å². The van der Waals surface area contributed by atoms with Crippen molar-refractivity contribution in [1.29, 1.82) is 0 Å². The van der Waals surface area contributed by atoms with Gasteiger partial charge in [0.05, 0.1) is 35.6 Å². The highest BCUT2D eigenvalue weighted by molar-refractivity contribution is 7.11. The van der Waals surface area contributed by atoms with E-state index in [2.05, 4.69) is 0 Å². The van der Waals surface area contributed by atoms with Gasteiger partial charge in [0.15, 0.2) is 4.80 Å². The SMILES string of the molecule is CCOC(=O)C1=C(c2ccccc2)N=c2s/c(=C\c3sccc3C)c(=O)n2[C@H]1c1ccc(OC)cc1. The molecular formula is C28H24N2O4S2. The molecule has 1 atom stereocenters. The molecule has 2 aromatic heterocycles. The van der Waals surface area contributed by atoms with Crippen molar-refractivity contribution >= 4 is 40.4 Å². The number of carbonyl (C=O) groups excluding carboxylic acids is 1. The normalized spacial score (nSPS) is 15.4. The molecule has 0 amide bonds. The summed E-state index contributed by atoms with van der Waals surface area (Å²) in [7, 11) is 1.60. The van der Waals surface area contributed by atoms with Crippen LogP contribution in [-0.2, 0) is 9.53 Å². The van der Waals surface area contributed by atoms with Gasteiger partial charge in [-0.3, -0.25) is 9.36 Å². The Morgan fingerprint density at radius 1 is 1.11 bits per heavy atom. The number of methoxy groups -OCH3 is 1. The van der Waals surface area contributed by atoms with Gasteiger partial charge in [-0.25, -0.2) is 9.79 Å². The van der Waals surface area contributed by atoms with Crippen LogP contribution in [0, 0.1) is 6.92 Å². The van der Waals surface area contributed by atoms with E-state index in [1.54, 1.807) is 29.9 Å². The Kier molecular flexibility index (Phi) is 6.71. The fourth-order valence-electron chi connectivity index (χ4n) is 4.19. The Morgan fingerprint density at radius 3 is 2.50 bits per heavy atom. The van der Waals surface area contributed by atoms with Gasteiger partial charge in [-0.05, 0) is 54.6 Å². The number of hydrogen-bond acceptors (Lipinski definition) is 7. The Labute approximate surface area is 216 Å². The van der Waals surface area contributed by atoms with Crippen molar-refractivity contribution in [3.8, 4) is 5.75 Å². The lowest BCUT2D eigenvalue weighted by atomic mass is 9.93. The van der Waals surface area contributed by atoms with Crippen LogP contribution in [0.2, 0.25) is 0 Å². The van der Waals surface area contributed by atoms with Gasteiger partial charge >= 0.3 is 5.97 Å². The summed E-state index contributed by atoms with van der Waals surface area (Å²) in [6.45, 7) is 4.00. The number of aryl methyl sites for hydroxylation is 1. The van der Waals surface area contributed by atoms with Crippen LogP contribution < -0.4 is 19.6 Å². The molecule has 1 aliphatic rings. The van der Waals surface area contributed by atoms with Gasteiger partial charge in [0.2, 0.25) is 0 Å². The number of esters is 1. The smallest absolute Gasteiger partial charge is 0.338 e. The van der Waals surface area contributed by atoms with Gasteiger partial charge in [-0.2, -0.15) is 0 Å². The molecule has 3 heterocycles. The summed E-state index contributed by atoms with van der Waals surface area (Å²) in [5.74, 6) is 0.188. The molecule has 6 nitrogen and oxygen atoms in total. The minimum atomic E-state index is -0.701. The predicted molar refractivity (Wildman–Crippen MR) is 143 cm³/mol. The van der Waals surface area contributed by atoms with Crippen molar-refractivity contribution in [2.24, 2.45) is 4.99 Å². The zero-order valence-corrected chi connectivity index (χ0v) is 21.7. The van der Waals surface area contributed by atoms with E-state index in [-0.39, 0.29) is 12.2 Å². The molecule has 5 rings (SSSR count). The molecule has 0 fully saturated rings. The van der Waals surface area contributed by atoms with Crippen LogP contribution in [0.4, 0.5) is 0 Å². The molecule has 1 aliphatic heterocycles. The standard InChI is InChI=1S/C28H24N2O4S2/c1-4-34-27(32)23-24(18-8-6-5-7-9-18)29-28-30(25(23)19-10-12-20(33-3)13-11-19)26(31)22(36-28)16-21-17(2)14-15-35-21/h5-16,25H,4H2,1-3H3/b22-16-/t25-/m0/s1. The number of thiazole rings is 1. The van der Waals surface area contributed by atoms with Crippen LogP contribution in [0.25, 0.3) is 11.8 Å². The Bertz CT molecular complexity index is 1630. The van der Waals surface area contributed by atoms with Gasteiger partial charge in [0.1, 0.15) is 5.75 Å². The summed E-state index contributed by atoms with van der Waals surface area (Å²) in [5, 5.41) is 2.00. The quantitative estimate of drug-likeness (QED) is 0.358. The second-order valence-electron chi connectivity index (χ2n) is 8.17. The Morgan fingerprint density at radius 2 is 1.86 bits per heavy atom. The molecule has 0 radical (unpaired) electrons. The molecule has 0 spiro atoms. The van der Waals surface area contributed by atoms with Crippen LogP contribution in [0.1, 0.15) is 34.5 Å². The molecule has 0 bridgehead atoms. The highest BCUT2D eigenvalue weighted by atomic mass is 32.1. The highest BCUT2D eigenvalue weighted by Gasteiger charge is 2.35. The average Bonchev–Trinajstić information content (AvgIpc) is 3.45. The maximum atomic E-state index is 13.8. The number of fused-ring (bicyclic) bond motifs is 1. The first kappa shape index (κ1) is 24.0. The van der Waals surface area contributed by atoms with Crippen molar-refractivity contribution in [2.75, 3.05) is 13.7 Å². The minimum absolute atomic E-state index is 0.193. The fourth-order valence-corrected chi connectivity index (χ4v) is 6.11. The first-order chi connectivity index (χ1) is 17.5. The summed E-state index contributed by atoms with van der Waals surface area (Å²) in [6, 6.07) is 18.3. The minimum Gasteiger partial charge on any atom is -0.497 e. The molecule has 0 N–H and O–H groups in total. The summed E-state index contributed by atoms with van der Waals surface area (Å²) >= 11 is 2.91. The summed E-state index contributed by atoms with van der Waals surface area (Å²) in [5.41, 5.74) is 3.30. The second kappa shape index (κ2) is 10.1. The lowest BCUT2D eigenvalue weighted by molar-refractivity contribution is -0.138. The molecule has 0 saturated carbocycles. The van der Waals surface area contributed by atoms with Crippen molar-refractivity contribution in [3.05, 3.63) is 113 Å². The summed E-state index contributed by atoms with van der Waals surface area (Å²) in [4.78, 5) is 33.7. The van der Waals surface area contributed by atoms with Crippen LogP contribution in [-0.4, -0.2) is 24.3 Å². The Balaban J connectivity index is 1.83. The maximum Gasteiger partial charge on any atom is 0.338 e. The molecule has 8 heteroatoms. The van der Waals surface area contributed by atoms with E-state index >= 15 is 0 Å². The van der Waals surface area contributed by atoms with E-state index < -0.39 is 12.0 Å². The van der Waals surface area contributed by atoms with Crippen molar-refractivity contribution in [2.45, 2.75) is 19.9 Å². The highest BCUT2D eigenvalue weighted by Crippen LogP contribution is 2.35. The van der Waals surface area contributed by atoms with E-state index in [9.17, 15) is 9.59 Å². The first-order valence-corrected chi connectivity index (χ1v) is 13.2. The fraction of sp³-hybridized carbons (Fsp3) is 0.179. The van der Waals surface area contributed by atoms with Crippen LogP contribution in [0.3, 0.4) is 0 Å². The molecule has 0 aliphatic carbocycles. The largest absolute Gasteiger partial charge is 0.497 e. The van der Waals surface area contributed by atoms with Gasteiger partial charge in [0.25, 0.3) is 5.56 Å². The number of ether oxygens (including phenoxy) is 2. The van der Waals surface area contributed by atoms with Crippen LogP contribution >= 0.6 is 22.7 Å². The van der Waals surface area contributed by atoms with E-state index in [4.69, 9.17) is 14.5 Å². The summed E-state index contributed by atoms with van der Waals surface area (Å²) in [6.07, 6.45) is 1.91. The van der Waals surface area contributed by atoms with Gasteiger partial charge in [-0.15, -0.1) is 11.3 Å². The lowest BCUT2D eigenvalue weighted by Gasteiger charge is -2.26. The number of aromatic nitrogens is 1. The van der Waals surface area contributed by atoms with E-state index in [1.807, 2.05) is 79.0 Å². The molecule has 182 valence electrons. The van der Waals surface area contributed by atoms with E-state index in [0.717, 1.165) is 21.6 Å². The monoisotopic (exact) mass is 516 g/mol. The molecule has 4 aromatic rings. The van der Waals surface area contributed by atoms with E-state index in [0.29, 0.717) is 26.4 Å². The number of hydrogen-bond donors (Lipinski definition) is 0. The molecular weight excluding hydrogens is 492 g/mol. The van der Waals surface area contributed by atoms with Crippen molar-refractivity contribution in [3.63, 3.8) is 0 Å². The maximum absolute atomic E-state index is 13.8. The van der Waals surface area contributed by atoms with Crippen LogP contribution in [0.15, 0.2) is 81.4 Å². The average molecular weight is 517 g/mol. The zero-order chi connectivity index (χ0) is 25.2. The third kappa shape index (κ3) is 4.34. The lowest BCUT2D eigenvalue weighted by Crippen LogP contribution is -2.40. The number of rotatable bonds is 6. The first-order valence-electron chi connectivity index (χ1n) is 11.5. The van der Waals surface area contributed by atoms with Crippen molar-refractivity contribution in [1.82, 2.24) is 4.57 Å². The number of nitrogens with zero attached hydrogens (tertiary/aromatic N) is 2. The second-order valence-corrected chi connectivity index (χ2v) is 10.1. The van der Waals surface area contributed by atoms with Gasteiger partial charge in [-0.1, -0.05) is 53.8 Å². The third-order valence-corrected chi connectivity index (χ3v) is 7.92. The zero-order valence-electron chi connectivity index (χ0n) is 20.1. The van der Waals surface area contributed by atoms with Gasteiger partial charge in [0, 0.05) is 10.4 Å². The topological polar surface area (TPSA) is 69.9 Å². The summed E-state index contributed by atoms with van der Waals surface area (Å²) < 4.78 is 13.0. The predicted octanol–water partition coefficient (Wildman–Crippen LogP) is 4.31.